The molecule has 0 heterocycles. The first-order chi connectivity index (χ1) is 13.5. The number of methoxy groups -OCH3 is 2. The zero-order valence-corrected chi connectivity index (χ0v) is 18.9. The van der Waals surface area contributed by atoms with E-state index >= 15 is 0 Å². The molecule has 0 aromatic heterocycles. The largest absolute Gasteiger partial charge is 0.493 e. The molecule has 0 amide bonds. The topological polar surface area (TPSA) is 90.9 Å². The number of ether oxygens (including phenoxy) is 2. The molecule has 1 aromatic rings. The van der Waals surface area contributed by atoms with Crippen LogP contribution in [0.25, 0.3) is 0 Å². The number of nitro groups is 1. The lowest BCUT2D eigenvalue weighted by atomic mass is 10.0. The molecule has 1 aromatic carbocycles. The van der Waals surface area contributed by atoms with Gasteiger partial charge in [-0.25, -0.2) is 0 Å². The fourth-order valence-corrected chi connectivity index (χ4v) is 4.18. The van der Waals surface area contributed by atoms with Gasteiger partial charge in [0.05, 0.1) is 30.8 Å². The number of benzene rings is 1. The van der Waals surface area contributed by atoms with Gasteiger partial charge in [-0.05, 0) is 24.0 Å². The number of nitro benzene ring substituents is 1. The predicted molar refractivity (Wildman–Crippen MR) is 120 cm³/mol. The van der Waals surface area contributed by atoms with Gasteiger partial charge >= 0.3 is 0 Å². The fourth-order valence-electron chi connectivity index (χ4n) is 2.83. The Morgan fingerprint density at radius 2 is 1.61 bits per heavy atom. The normalized spacial score (nSPS) is 12.2. The molecule has 2 N–H and O–H groups in total. The summed E-state index contributed by atoms with van der Waals surface area (Å²) in [7, 11) is 2.97. The molecule has 1 rings (SSSR count). The first kappa shape index (κ1) is 24.9. The minimum absolute atomic E-state index is 0.0280. The molecule has 0 fully saturated rings. The Balaban J connectivity index is 2.87. The number of hydrogen-bond donors (Lipinski definition) is 1. The van der Waals surface area contributed by atoms with E-state index in [9.17, 15) is 10.1 Å². The van der Waals surface area contributed by atoms with Crippen molar-refractivity contribution in [3.05, 3.63) is 27.8 Å². The fraction of sp³-hybridized carbons (Fsp3) is 0.684. The van der Waals surface area contributed by atoms with Crippen LogP contribution in [0.3, 0.4) is 0 Å². The molecular weight excluding hydrogens is 398 g/mol. The third-order valence-electron chi connectivity index (χ3n) is 4.40. The first-order valence-electron chi connectivity index (χ1n) is 9.52. The Bertz CT molecular complexity index is 595. The van der Waals surface area contributed by atoms with E-state index in [1.165, 1.54) is 20.3 Å². The first-order valence-corrected chi connectivity index (χ1v) is 11.8. The van der Waals surface area contributed by atoms with E-state index in [0.29, 0.717) is 23.5 Å². The molecule has 28 heavy (non-hydrogen) atoms. The van der Waals surface area contributed by atoms with Crippen molar-refractivity contribution >= 4 is 29.2 Å². The van der Waals surface area contributed by atoms with Crippen LogP contribution in [0.4, 0.5) is 5.69 Å². The van der Waals surface area contributed by atoms with Crippen LogP contribution in [0.15, 0.2) is 12.1 Å². The van der Waals surface area contributed by atoms with Crippen LogP contribution >= 0.6 is 23.5 Å². The summed E-state index contributed by atoms with van der Waals surface area (Å²) in [5.74, 6) is 5.16. The highest BCUT2D eigenvalue weighted by Gasteiger charge is 2.24. The number of thioether (sulfide) groups is 2. The molecule has 9 heteroatoms. The summed E-state index contributed by atoms with van der Waals surface area (Å²) in [6.07, 6.45) is 0.643. The maximum atomic E-state index is 11.5. The highest BCUT2D eigenvalue weighted by Crippen LogP contribution is 2.37. The smallest absolute Gasteiger partial charge is 0.278 e. The van der Waals surface area contributed by atoms with Gasteiger partial charge in [0, 0.05) is 37.2 Å². The third kappa shape index (κ3) is 8.06. The van der Waals surface area contributed by atoms with Crippen molar-refractivity contribution in [1.29, 1.82) is 0 Å². The molecule has 1 unspecified atom stereocenters. The number of hydrogen-bond acceptors (Lipinski definition) is 8. The van der Waals surface area contributed by atoms with E-state index in [1.54, 1.807) is 6.07 Å². The van der Waals surface area contributed by atoms with Gasteiger partial charge in [-0.2, -0.15) is 23.5 Å². The van der Waals surface area contributed by atoms with Gasteiger partial charge in [0.25, 0.3) is 5.69 Å². The van der Waals surface area contributed by atoms with Crippen LogP contribution in [-0.4, -0.2) is 66.7 Å². The average molecular weight is 432 g/mol. The van der Waals surface area contributed by atoms with Gasteiger partial charge in [-0.1, -0.05) is 13.8 Å². The average Bonchev–Trinajstić information content (AvgIpc) is 2.70. The van der Waals surface area contributed by atoms with E-state index in [1.807, 2.05) is 23.5 Å². The summed E-state index contributed by atoms with van der Waals surface area (Å²) < 4.78 is 10.5. The van der Waals surface area contributed by atoms with Crippen molar-refractivity contribution < 1.29 is 14.4 Å². The Kier molecular flexibility index (Phi) is 12.4. The lowest BCUT2D eigenvalue weighted by Gasteiger charge is -2.24. The summed E-state index contributed by atoms with van der Waals surface area (Å²) in [4.78, 5) is 13.5. The Morgan fingerprint density at radius 1 is 1.07 bits per heavy atom. The molecule has 0 saturated heterocycles. The minimum Gasteiger partial charge on any atom is -0.493 e. The van der Waals surface area contributed by atoms with Crippen molar-refractivity contribution in [1.82, 2.24) is 4.90 Å². The number of nitrogens with two attached hydrogens (primary N) is 1. The molecule has 160 valence electrons. The van der Waals surface area contributed by atoms with Gasteiger partial charge in [0.1, 0.15) is 0 Å². The standard InChI is InChI=1S/C19H33N3O4S2/c1-5-27-11-9-21(10-12-28-6-2)8-7-16(20)15-13-18(25-3)19(26-4)14-17(15)22(23)24/h13-14,16H,5-12,20H2,1-4H3. The van der Waals surface area contributed by atoms with Crippen LogP contribution in [0.2, 0.25) is 0 Å². The zero-order chi connectivity index (χ0) is 20.9. The van der Waals surface area contributed by atoms with Gasteiger partial charge in [-0.3, -0.25) is 10.1 Å². The highest BCUT2D eigenvalue weighted by molar-refractivity contribution is 7.99. The van der Waals surface area contributed by atoms with Crippen LogP contribution in [0, 0.1) is 10.1 Å². The number of rotatable bonds is 15. The van der Waals surface area contributed by atoms with Crippen molar-refractivity contribution in [3.8, 4) is 11.5 Å². The lowest BCUT2D eigenvalue weighted by molar-refractivity contribution is -0.385. The lowest BCUT2D eigenvalue weighted by Crippen LogP contribution is -2.32. The molecule has 0 bridgehead atoms. The van der Waals surface area contributed by atoms with Crippen molar-refractivity contribution in [2.45, 2.75) is 26.3 Å². The van der Waals surface area contributed by atoms with Crippen LogP contribution in [0.5, 0.6) is 11.5 Å². The Hall–Kier alpha value is -1.16. The van der Waals surface area contributed by atoms with E-state index < -0.39 is 11.0 Å². The monoisotopic (exact) mass is 431 g/mol. The summed E-state index contributed by atoms with van der Waals surface area (Å²) in [5, 5.41) is 11.5. The van der Waals surface area contributed by atoms with Crippen molar-refractivity contribution in [2.24, 2.45) is 5.73 Å². The van der Waals surface area contributed by atoms with E-state index in [4.69, 9.17) is 15.2 Å². The molecule has 1 atom stereocenters. The minimum atomic E-state index is -0.444. The van der Waals surface area contributed by atoms with Gasteiger partial charge < -0.3 is 20.1 Å². The summed E-state index contributed by atoms with van der Waals surface area (Å²) in [5.41, 5.74) is 6.82. The molecule has 0 radical (unpaired) electrons. The second kappa shape index (κ2) is 13.9. The molecular formula is C19H33N3O4S2. The van der Waals surface area contributed by atoms with Crippen molar-refractivity contribution in [3.63, 3.8) is 0 Å². The molecule has 0 spiro atoms. The van der Waals surface area contributed by atoms with E-state index in [2.05, 4.69) is 18.7 Å². The van der Waals surface area contributed by atoms with Crippen LogP contribution in [0.1, 0.15) is 31.9 Å². The van der Waals surface area contributed by atoms with Crippen molar-refractivity contribution in [2.75, 3.05) is 56.9 Å². The zero-order valence-electron chi connectivity index (χ0n) is 17.3. The van der Waals surface area contributed by atoms with E-state index in [0.717, 1.165) is 42.6 Å². The maximum absolute atomic E-state index is 11.5. The summed E-state index contributed by atoms with van der Waals surface area (Å²) in [6.45, 7) is 7.14. The predicted octanol–water partition coefficient (Wildman–Crippen LogP) is 3.81. The second-order valence-electron chi connectivity index (χ2n) is 6.15. The molecule has 0 aliphatic carbocycles. The summed E-state index contributed by atoms with van der Waals surface area (Å²) in [6, 6.07) is 2.58. The second-order valence-corrected chi connectivity index (χ2v) is 8.94. The molecule has 0 saturated carbocycles. The van der Waals surface area contributed by atoms with Crippen LogP contribution < -0.4 is 15.2 Å². The Labute approximate surface area is 176 Å². The SMILES string of the molecule is CCSCCN(CCSCC)CCC(N)c1cc(OC)c(OC)cc1[N+](=O)[O-]. The maximum Gasteiger partial charge on any atom is 0.278 e. The van der Waals surface area contributed by atoms with Gasteiger partial charge in [0.2, 0.25) is 0 Å². The third-order valence-corrected chi connectivity index (χ3v) is 6.16. The van der Waals surface area contributed by atoms with Gasteiger partial charge in [-0.15, -0.1) is 0 Å². The highest BCUT2D eigenvalue weighted by atomic mass is 32.2. The quantitative estimate of drug-likeness (QED) is 0.255. The summed E-state index contributed by atoms with van der Waals surface area (Å²) >= 11 is 3.84. The van der Waals surface area contributed by atoms with Crippen LogP contribution in [-0.2, 0) is 0 Å². The molecule has 7 nitrogen and oxygen atoms in total. The number of nitrogens with zero attached hydrogens (tertiary/aromatic N) is 2. The van der Waals surface area contributed by atoms with E-state index in [-0.39, 0.29) is 5.69 Å². The Morgan fingerprint density at radius 3 is 2.07 bits per heavy atom. The molecule has 0 aliphatic rings. The molecule has 0 aliphatic heterocycles. The van der Waals surface area contributed by atoms with Gasteiger partial charge in [0.15, 0.2) is 11.5 Å².